The Hall–Kier alpha value is -1.65. The smallest absolute Gasteiger partial charge is 0.248 e. The third-order valence-electron chi connectivity index (χ3n) is 2.58. The van der Waals surface area contributed by atoms with Crippen molar-refractivity contribution in [3.8, 4) is 0 Å². The van der Waals surface area contributed by atoms with Crippen molar-refractivity contribution >= 4 is 34.1 Å². The second kappa shape index (κ2) is 6.50. The average Bonchev–Trinajstić information content (AvgIpc) is 2.89. The van der Waals surface area contributed by atoms with E-state index in [1.165, 1.54) is 11.3 Å². The van der Waals surface area contributed by atoms with Crippen LogP contribution in [0.5, 0.6) is 0 Å². The maximum absolute atomic E-state index is 11.9. The zero-order valence-electron chi connectivity index (χ0n) is 10.0. The first kappa shape index (κ1) is 13.8. The lowest BCUT2D eigenvalue weighted by molar-refractivity contribution is -0.124. The lowest BCUT2D eigenvalue weighted by Gasteiger charge is -2.14. The molecule has 1 aromatic carbocycles. The van der Waals surface area contributed by atoms with Crippen LogP contribution in [0.3, 0.4) is 0 Å². The van der Waals surface area contributed by atoms with Gasteiger partial charge in [-0.2, -0.15) is 0 Å². The number of benzene rings is 1. The molecule has 0 radical (unpaired) electrons. The lowest BCUT2D eigenvalue weighted by atomic mass is 10.1. The normalized spacial score (nSPS) is 11.8. The van der Waals surface area contributed by atoms with Crippen molar-refractivity contribution in [2.45, 2.75) is 12.5 Å². The number of carbonyl (C=O) groups excluding carboxylic acids is 2. The minimum Gasteiger partial charge on any atom is -0.341 e. The van der Waals surface area contributed by atoms with E-state index in [4.69, 9.17) is 11.6 Å². The predicted molar refractivity (Wildman–Crippen MR) is 76.2 cm³/mol. The van der Waals surface area contributed by atoms with E-state index in [0.717, 1.165) is 4.88 Å². The first-order valence-electron chi connectivity index (χ1n) is 5.73. The molecule has 19 heavy (non-hydrogen) atoms. The zero-order valence-corrected chi connectivity index (χ0v) is 11.6. The van der Waals surface area contributed by atoms with Crippen LogP contribution in [0.25, 0.3) is 0 Å². The van der Waals surface area contributed by atoms with E-state index < -0.39 is 11.3 Å². The molecule has 5 heteroatoms. The van der Waals surface area contributed by atoms with Crippen LogP contribution in [0.15, 0.2) is 47.8 Å². The third-order valence-corrected chi connectivity index (χ3v) is 3.67. The number of hydrogen-bond donors (Lipinski definition) is 1. The lowest BCUT2D eigenvalue weighted by Crippen LogP contribution is -2.32. The molecule has 1 amide bonds. The largest absolute Gasteiger partial charge is 0.341 e. The summed E-state index contributed by atoms with van der Waals surface area (Å²) in [7, 11) is 0. The molecule has 0 saturated carbocycles. The first-order valence-corrected chi connectivity index (χ1v) is 6.98. The van der Waals surface area contributed by atoms with Gasteiger partial charge in [0.1, 0.15) is 6.04 Å². The maximum atomic E-state index is 11.9. The quantitative estimate of drug-likeness (QED) is 0.862. The molecule has 1 atom stereocenters. The predicted octanol–water partition coefficient (Wildman–Crippen LogP) is 2.91. The van der Waals surface area contributed by atoms with Crippen LogP contribution in [0, 0.1) is 0 Å². The molecule has 1 unspecified atom stereocenters. The molecule has 0 bridgehead atoms. The number of nitrogens with one attached hydrogen (secondary N) is 1. The summed E-state index contributed by atoms with van der Waals surface area (Å²) in [6.07, 6.45) is 0.255. The molecule has 3 nitrogen and oxygen atoms in total. The molecule has 0 spiro atoms. The average molecular weight is 294 g/mol. The van der Waals surface area contributed by atoms with Crippen LogP contribution in [0.2, 0.25) is 0 Å². The van der Waals surface area contributed by atoms with E-state index in [-0.39, 0.29) is 12.3 Å². The summed E-state index contributed by atoms with van der Waals surface area (Å²) in [6.45, 7) is 0. The summed E-state index contributed by atoms with van der Waals surface area (Å²) in [4.78, 5) is 24.3. The van der Waals surface area contributed by atoms with Crippen LogP contribution in [0.1, 0.15) is 16.5 Å². The molecule has 2 rings (SSSR count). The van der Waals surface area contributed by atoms with Gasteiger partial charge in [0.05, 0.1) is 6.42 Å². The van der Waals surface area contributed by atoms with E-state index in [1.54, 1.807) is 24.3 Å². The summed E-state index contributed by atoms with van der Waals surface area (Å²) in [5, 5.41) is 3.97. The summed E-state index contributed by atoms with van der Waals surface area (Å²) in [5.41, 5.74) is 0.682. The highest BCUT2D eigenvalue weighted by atomic mass is 35.5. The molecule has 1 aromatic heterocycles. The van der Waals surface area contributed by atoms with Gasteiger partial charge in [-0.05, 0) is 28.6 Å². The van der Waals surface area contributed by atoms with Crippen molar-refractivity contribution in [3.63, 3.8) is 0 Å². The first-order chi connectivity index (χ1) is 9.16. The van der Waals surface area contributed by atoms with Crippen LogP contribution >= 0.6 is 22.9 Å². The highest BCUT2D eigenvalue weighted by Gasteiger charge is 2.20. The van der Waals surface area contributed by atoms with Crippen molar-refractivity contribution in [1.29, 1.82) is 0 Å². The second-order valence-corrected chi connectivity index (χ2v) is 5.38. The van der Waals surface area contributed by atoms with Gasteiger partial charge in [0.2, 0.25) is 11.1 Å². The van der Waals surface area contributed by atoms with Gasteiger partial charge in [0, 0.05) is 4.88 Å². The minimum atomic E-state index is -0.796. The fourth-order valence-electron chi connectivity index (χ4n) is 1.70. The van der Waals surface area contributed by atoms with Gasteiger partial charge in [-0.1, -0.05) is 36.4 Å². The molecule has 0 aliphatic heterocycles. The monoisotopic (exact) mass is 293 g/mol. The van der Waals surface area contributed by atoms with Crippen molar-refractivity contribution in [3.05, 3.63) is 58.3 Å². The third kappa shape index (κ3) is 3.91. The maximum Gasteiger partial charge on any atom is 0.248 e. The molecule has 0 saturated heterocycles. The molecule has 0 fully saturated rings. The molecule has 0 aliphatic carbocycles. The number of amides is 1. The number of hydrogen-bond acceptors (Lipinski definition) is 3. The van der Waals surface area contributed by atoms with E-state index >= 15 is 0 Å². The highest BCUT2D eigenvalue weighted by molar-refractivity contribution is 7.10. The van der Waals surface area contributed by atoms with Gasteiger partial charge in [0.15, 0.2) is 0 Å². The summed E-state index contributed by atoms with van der Waals surface area (Å²) >= 11 is 7.06. The minimum absolute atomic E-state index is 0.217. The number of rotatable bonds is 5. The number of thiophene rings is 1. The van der Waals surface area contributed by atoms with Crippen LogP contribution in [-0.2, 0) is 16.0 Å². The van der Waals surface area contributed by atoms with Gasteiger partial charge in [-0.25, -0.2) is 0 Å². The molecule has 98 valence electrons. The van der Waals surface area contributed by atoms with Crippen molar-refractivity contribution in [2.75, 3.05) is 0 Å². The highest BCUT2D eigenvalue weighted by Crippen LogP contribution is 2.16. The fraction of sp³-hybridized carbons (Fsp3) is 0.143. The zero-order chi connectivity index (χ0) is 13.7. The number of carbonyl (C=O) groups is 2. The fourth-order valence-corrected chi connectivity index (χ4v) is 2.58. The Labute approximate surface area is 120 Å². The van der Waals surface area contributed by atoms with Gasteiger partial charge < -0.3 is 5.32 Å². The van der Waals surface area contributed by atoms with Crippen molar-refractivity contribution < 1.29 is 9.59 Å². The molecule has 1 heterocycles. The second-order valence-electron chi connectivity index (χ2n) is 3.97. The van der Waals surface area contributed by atoms with Gasteiger partial charge in [-0.3, -0.25) is 9.59 Å². The van der Waals surface area contributed by atoms with E-state index in [0.29, 0.717) is 5.56 Å². The number of halogens is 1. The molecule has 0 aliphatic rings. The Morgan fingerprint density at radius 2 is 1.89 bits per heavy atom. The van der Waals surface area contributed by atoms with Gasteiger partial charge in [-0.15, -0.1) is 11.3 Å². The summed E-state index contributed by atoms with van der Waals surface area (Å²) in [6, 6.07) is 11.9. The molecular formula is C14H12ClNO2S. The Morgan fingerprint density at radius 3 is 2.47 bits per heavy atom. The summed E-state index contributed by atoms with van der Waals surface area (Å²) < 4.78 is 0. The van der Waals surface area contributed by atoms with Crippen LogP contribution in [0.4, 0.5) is 0 Å². The topological polar surface area (TPSA) is 46.2 Å². The Morgan fingerprint density at radius 1 is 1.16 bits per heavy atom. The van der Waals surface area contributed by atoms with E-state index in [1.807, 2.05) is 23.6 Å². The SMILES string of the molecule is O=C(Cc1cccs1)NC(C(=O)Cl)c1ccccc1. The summed E-state index contributed by atoms with van der Waals surface area (Å²) in [5.74, 6) is -0.217. The Bertz CT molecular complexity index is 554. The van der Waals surface area contributed by atoms with E-state index in [2.05, 4.69) is 5.32 Å². The Kier molecular flexibility index (Phi) is 4.71. The van der Waals surface area contributed by atoms with Crippen LogP contribution < -0.4 is 5.32 Å². The van der Waals surface area contributed by atoms with Crippen molar-refractivity contribution in [2.24, 2.45) is 0 Å². The van der Waals surface area contributed by atoms with Gasteiger partial charge >= 0.3 is 0 Å². The molecule has 1 N–H and O–H groups in total. The van der Waals surface area contributed by atoms with E-state index in [9.17, 15) is 9.59 Å². The Balaban J connectivity index is 2.05. The molecular weight excluding hydrogens is 282 g/mol. The van der Waals surface area contributed by atoms with Crippen LogP contribution in [-0.4, -0.2) is 11.1 Å². The van der Waals surface area contributed by atoms with Gasteiger partial charge in [0.25, 0.3) is 0 Å². The molecule has 2 aromatic rings. The van der Waals surface area contributed by atoms with Crippen molar-refractivity contribution in [1.82, 2.24) is 5.32 Å². The standard InChI is InChI=1S/C14H12ClNO2S/c15-14(18)13(10-5-2-1-3-6-10)16-12(17)9-11-7-4-8-19-11/h1-8,13H,9H2,(H,16,17).